The Morgan fingerprint density at radius 1 is 1.32 bits per heavy atom. The molecular formula is C14H25NO4. The second-order valence-electron chi connectivity index (χ2n) is 6.01. The molecule has 0 saturated carbocycles. The number of hydrogen-bond donors (Lipinski definition) is 0. The highest BCUT2D eigenvalue weighted by atomic mass is 16.6. The summed E-state index contributed by atoms with van der Waals surface area (Å²) in [6.45, 7) is 7.86. The monoisotopic (exact) mass is 271 g/mol. The molecule has 1 rings (SSSR count). The van der Waals surface area contributed by atoms with Gasteiger partial charge in [0.1, 0.15) is 11.4 Å². The van der Waals surface area contributed by atoms with Gasteiger partial charge in [-0.2, -0.15) is 0 Å². The Balaban J connectivity index is 2.88. The minimum atomic E-state index is -0.533. The van der Waals surface area contributed by atoms with Crippen molar-refractivity contribution in [3.63, 3.8) is 0 Å². The number of ether oxygens (including phenoxy) is 2. The maximum absolute atomic E-state index is 12.3. The summed E-state index contributed by atoms with van der Waals surface area (Å²) in [4.78, 5) is 25.7. The lowest BCUT2D eigenvalue weighted by molar-refractivity contribution is -0.126. The van der Waals surface area contributed by atoms with E-state index in [2.05, 4.69) is 0 Å². The summed E-state index contributed by atoms with van der Waals surface area (Å²) in [6.07, 6.45) is 1.15. The van der Waals surface area contributed by atoms with Crippen LogP contribution in [0, 0.1) is 0 Å². The van der Waals surface area contributed by atoms with Crippen molar-refractivity contribution in [1.29, 1.82) is 0 Å². The van der Waals surface area contributed by atoms with Crippen molar-refractivity contribution in [3.8, 4) is 0 Å². The molecule has 5 nitrogen and oxygen atoms in total. The Labute approximate surface area is 115 Å². The topological polar surface area (TPSA) is 55.8 Å². The lowest BCUT2D eigenvalue weighted by Gasteiger charge is -2.41. The first kappa shape index (κ1) is 16.0. The molecule has 0 spiro atoms. The molecule has 0 aromatic heterocycles. The molecule has 19 heavy (non-hydrogen) atoms. The average molecular weight is 271 g/mol. The first-order valence-electron chi connectivity index (χ1n) is 6.80. The molecule has 1 amide bonds. The van der Waals surface area contributed by atoms with Crippen LogP contribution in [0.4, 0.5) is 4.79 Å². The summed E-state index contributed by atoms with van der Waals surface area (Å²) in [5, 5.41) is 0. The van der Waals surface area contributed by atoms with Crippen molar-refractivity contribution >= 4 is 11.9 Å². The predicted molar refractivity (Wildman–Crippen MR) is 72.1 cm³/mol. The SMILES string of the molecule is CC[C@@H]1CC(=O)C[C@H](COC)N1C(=O)OC(C)(C)C. The van der Waals surface area contributed by atoms with Gasteiger partial charge in [0.05, 0.1) is 12.6 Å². The van der Waals surface area contributed by atoms with Gasteiger partial charge in [-0.05, 0) is 27.2 Å². The number of ketones is 1. The molecule has 0 aromatic carbocycles. The molecule has 0 unspecified atom stereocenters. The maximum atomic E-state index is 12.3. The van der Waals surface area contributed by atoms with E-state index in [-0.39, 0.29) is 24.0 Å². The van der Waals surface area contributed by atoms with Crippen LogP contribution in [0.25, 0.3) is 0 Å². The molecule has 1 heterocycles. The van der Waals surface area contributed by atoms with Crippen LogP contribution in [0.5, 0.6) is 0 Å². The fourth-order valence-corrected chi connectivity index (χ4v) is 2.39. The molecule has 110 valence electrons. The number of piperidine rings is 1. The van der Waals surface area contributed by atoms with Crippen molar-refractivity contribution in [1.82, 2.24) is 4.90 Å². The van der Waals surface area contributed by atoms with E-state index in [1.807, 2.05) is 27.7 Å². The van der Waals surface area contributed by atoms with Gasteiger partial charge in [0.2, 0.25) is 0 Å². The summed E-state index contributed by atoms with van der Waals surface area (Å²) in [5.41, 5.74) is -0.533. The van der Waals surface area contributed by atoms with Crippen molar-refractivity contribution in [3.05, 3.63) is 0 Å². The second kappa shape index (κ2) is 6.37. The molecule has 1 fully saturated rings. The molecular weight excluding hydrogens is 246 g/mol. The smallest absolute Gasteiger partial charge is 0.410 e. The van der Waals surface area contributed by atoms with E-state index >= 15 is 0 Å². The van der Waals surface area contributed by atoms with E-state index in [0.717, 1.165) is 6.42 Å². The van der Waals surface area contributed by atoms with Gasteiger partial charge in [-0.25, -0.2) is 4.79 Å². The van der Waals surface area contributed by atoms with E-state index in [0.29, 0.717) is 19.4 Å². The van der Waals surface area contributed by atoms with E-state index in [1.54, 1.807) is 12.0 Å². The lowest BCUT2D eigenvalue weighted by Crippen LogP contribution is -2.55. The summed E-state index contributed by atoms with van der Waals surface area (Å²) >= 11 is 0. The highest BCUT2D eigenvalue weighted by Gasteiger charge is 2.39. The van der Waals surface area contributed by atoms with Crippen LogP contribution in [-0.2, 0) is 14.3 Å². The predicted octanol–water partition coefficient (Wildman–Crippen LogP) is 2.38. The zero-order chi connectivity index (χ0) is 14.6. The molecule has 5 heteroatoms. The number of rotatable bonds is 3. The molecule has 1 aliphatic heterocycles. The molecule has 0 N–H and O–H groups in total. The van der Waals surface area contributed by atoms with Gasteiger partial charge in [-0.3, -0.25) is 9.69 Å². The van der Waals surface area contributed by atoms with Crippen LogP contribution in [-0.4, -0.2) is 48.2 Å². The standard InChI is InChI=1S/C14H25NO4/c1-6-10-7-12(16)8-11(9-18-5)15(10)13(17)19-14(2,3)4/h10-11H,6-9H2,1-5H3/t10-,11-/m1/s1. The van der Waals surface area contributed by atoms with Crippen LogP contribution in [0.3, 0.4) is 0 Å². The van der Waals surface area contributed by atoms with E-state index in [1.165, 1.54) is 0 Å². The molecule has 1 saturated heterocycles. The minimum Gasteiger partial charge on any atom is -0.444 e. The molecule has 0 radical (unpaired) electrons. The maximum Gasteiger partial charge on any atom is 0.410 e. The molecule has 0 aromatic rings. The largest absolute Gasteiger partial charge is 0.444 e. The number of Topliss-reactive ketones (excluding diaryl/α,β-unsaturated/α-hetero) is 1. The van der Waals surface area contributed by atoms with Crippen LogP contribution >= 0.6 is 0 Å². The molecule has 0 bridgehead atoms. The van der Waals surface area contributed by atoms with Gasteiger partial charge < -0.3 is 9.47 Å². The highest BCUT2D eigenvalue weighted by molar-refractivity contribution is 5.83. The van der Waals surface area contributed by atoms with E-state index < -0.39 is 5.60 Å². The number of carbonyl (C=O) groups excluding carboxylic acids is 2. The van der Waals surface area contributed by atoms with Crippen molar-refractivity contribution in [2.24, 2.45) is 0 Å². The molecule has 1 aliphatic rings. The number of amides is 1. The van der Waals surface area contributed by atoms with Crippen molar-refractivity contribution in [2.45, 2.75) is 64.6 Å². The van der Waals surface area contributed by atoms with Gasteiger partial charge in [-0.15, -0.1) is 0 Å². The van der Waals surface area contributed by atoms with E-state index in [9.17, 15) is 9.59 Å². The molecule has 2 atom stereocenters. The van der Waals surface area contributed by atoms with Gasteiger partial charge >= 0.3 is 6.09 Å². The average Bonchev–Trinajstić information content (AvgIpc) is 2.25. The normalized spacial score (nSPS) is 24.5. The van der Waals surface area contributed by atoms with Crippen LogP contribution in [0.1, 0.15) is 47.0 Å². The Kier molecular flexibility index (Phi) is 5.35. The summed E-state index contributed by atoms with van der Waals surface area (Å²) in [5.74, 6) is 0.189. The molecule has 0 aliphatic carbocycles. The summed E-state index contributed by atoms with van der Waals surface area (Å²) in [6, 6.07) is -0.303. The number of hydrogen-bond acceptors (Lipinski definition) is 4. The van der Waals surface area contributed by atoms with Gasteiger partial charge in [0.15, 0.2) is 0 Å². The minimum absolute atomic E-state index is 0.0868. The second-order valence-corrected chi connectivity index (χ2v) is 6.01. The highest BCUT2D eigenvalue weighted by Crippen LogP contribution is 2.25. The lowest BCUT2D eigenvalue weighted by atomic mass is 9.93. The third kappa shape index (κ3) is 4.49. The van der Waals surface area contributed by atoms with Gasteiger partial charge in [0, 0.05) is 26.0 Å². The van der Waals surface area contributed by atoms with Crippen molar-refractivity contribution in [2.75, 3.05) is 13.7 Å². The Bertz CT molecular complexity index is 335. The Hall–Kier alpha value is -1.10. The summed E-state index contributed by atoms with van der Waals surface area (Å²) in [7, 11) is 1.58. The third-order valence-electron chi connectivity index (χ3n) is 3.15. The first-order valence-corrected chi connectivity index (χ1v) is 6.80. The Morgan fingerprint density at radius 2 is 1.89 bits per heavy atom. The van der Waals surface area contributed by atoms with Gasteiger partial charge in [-0.1, -0.05) is 6.92 Å². The third-order valence-corrected chi connectivity index (χ3v) is 3.15. The number of carbonyl (C=O) groups is 2. The first-order chi connectivity index (χ1) is 8.78. The zero-order valence-corrected chi connectivity index (χ0v) is 12.6. The summed E-state index contributed by atoms with van der Waals surface area (Å²) < 4.78 is 10.6. The van der Waals surface area contributed by atoms with Crippen LogP contribution in [0.2, 0.25) is 0 Å². The zero-order valence-electron chi connectivity index (χ0n) is 12.6. The van der Waals surface area contributed by atoms with Crippen LogP contribution in [0.15, 0.2) is 0 Å². The van der Waals surface area contributed by atoms with E-state index in [4.69, 9.17) is 9.47 Å². The fourth-order valence-electron chi connectivity index (χ4n) is 2.39. The van der Waals surface area contributed by atoms with Crippen LogP contribution < -0.4 is 0 Å². The quantitative estimate of drug-likeness (QED) is 0.791. The number of nitrogens with zero attached hydrogens (tertiary/aromatic N) is 1. The number of methoxy groups -OCH3 is 1. The van der Waals surface area contributed by atoms with Gasteiger partial charge in [0.25, 0.3) is 0 Å². The Morgan fingerprint density at radius 3 is 2.37 bits per heavy atom. The fraction of sp³-hybridized carbons (Fsp3) is 0.857. The number of likely N-dealkylation sites (tertiary alicyclic amines) is 1. The van der Waals surface area contributed by atoms with Crippen molar-refractivity contribution < 1.29 is 19.1 Å².